The molecule has 3 heteroatoms. The van der Waals surface area contributed by atoms with Gasteiger partial charge in [-0.3, -0.25) is 0 Å². The second kappa shape index (κ2) is 8.32. The second-order valence-electron chi connectivity index (χ2n) is 2.62. The molecule has 0 aromatic carbocycles. The Bertz CT molecular complexity index is 168. The van der Waals surface area contributed by atoms with Crippen molar-refractivity contribution >= 4 is 21.6 Å². The third-order valence-electron chi connectivity index (χ3n) is 1.51. The minimum absolute atomic E-state index is 1.38. The van der Waals surface area contributed by atoms with E-state index in [4.69, 9.17) is 0 Å². The van der Waals surface area contributed by atoms with Crippen LogP contribution >= 0.6 is 21.6 Å². The zero-order chi connectivity index (χ0) is 9.19. The van der Waals surface area contributed by atoms with Crippen molar-refractivity contribution in [1.29, 1.82) is 0 Å². The van der Waals surface area contributed by atoms with Gasteiger partial charge in [-0.1, -0.05) is 33.7 Å². The number of hydrogen-bond donors (Lipinski definition) is 1. The summed E-state index contributed by atoms with van der Waals surface area (Å²) in [7, 11) is 4.02. The van der Waals surface area contributed by atoms with Crippen LogP contribution in [0, 0.1) is 0 Å². The van der Waals surface area contributed by atoms with Crippen LogP contribution < -0.4 is 5.32 Å². The van der Waals surface area contributed by atoms with E-state index in [1.807, 2.05) is 58.3 Å². The molecular formula is C10H15NS2. The maximum atomic E-state index is 2.92. The maximum Gasteiger partial charge on any atom is 0.00372 e. The van der Waals surface area contributed by atoms with Gasteiger partial charge in [-0.15, -0.1) is 0 Å². The third-order valence-corrected chi connectivity index (χ3v) is 4.08. The Morgan fingerprint density at radius 3 is 1.69 bits per heavy atom. The van der Waals surface area contributed by atoms with Crippen LogP contribution in [0.25, 0.3) is 0 Å². The van der Waals surface area contributed by atoms with Gasteiger partial charge >= 0.3 is 0 Å². The second-order valence-corrected chi connectivity index (χ2v) is 5.32. The molecule has 13 heavy (non-hydrogen) atoms. The van der Waals surface area contributed by atoms with E-state index in [2.05, 4.69) is 5.32 Å². The lowest BCUT2D eigenvalue weighted by Crippen LogP contribution is -1.87. The fraction of sp³-hybridized carbons (Fsp3) is 0.400. The molecule has 0 radical (unpaired) electrons. The van der Waals surface area contributed by atoms with E-state index in [9.17, 15) is 0 Å². The summed E-state index contributed by atoms with van der Waals surface area (Å²) in [6, 6.07) is 0. The van der Waals surface area contributed by atoms with Gasteiger partial charge in [-0.25, -0.2) is 0 Å². The summed E-state index contributed by atoms with van der Waals surface area (Å²) < 4.78 is 0. The van der Waals surface area contributed by atoms with Crippen molar-refractivity contribution < 1.29 is 0 Å². The molecular weight excluding hydrogens is 198 g/mol. The summed E-state index contributed by atoms with van der Waals surface area (Å²) in [5, 5.41) is 2.92. The van der Waals surface area contributed by atoms with E-state index >= 15 is 0 Å². The number of rotatable bonds is 0. The van der Waals surface area contributed by atoms with E-state index in [1.165, 1.54) is 24.3 Å². The quantitative estimate of drug-likeness (QED) is 0.620. The van der Waals surface area contributed by atoms with Crippen LogP contribution in [0.1, 0.15) is 12.8 Å². The highest BCUT2D eigenvalue weighted by atomic mass is 33.1. The lowest BCUT2D eigenvalue weighted by Gasteiger charge is -2.04. The first-order chi connectivity index (χ1) is 6.50. The van der Waals surface area contributed by atoms with E-state index in [-0.39, 0.29) is 0 Å². The number of hydrogen-bond acceptors (Lipinski definition) is 3. The van der Waals surface area contributed by atoms with E-state index in [0.717, 1.165) is 0 Å². The highest BCUT2D eigenvalue weighted by Crippen LogP contribution is 2.28. The van der Waals surface area contributed by atoms with Gasteiger partial charge in [-0.05, 0) is 25.0 Å². The van der Waals surface area contributed by atoms with Gasteiger partial charge < -0.3 is 5.32 Å². The zero-order valence-electron chi connectivity index (χ0n) is 7.61. The molecule has 2 aliphatic rings. The standard InChI is InChI=1S/C6H7N.C4H8S2/c1-2-4-6-7-5-3-1;1-2-4-6-5-3-1/h1-7H;1-4H2. The highest BCUT2D eigenvalue weighted by molar-refractivity contribution is 8.76. The molecule has 2 heterocycles. The Morgan fingerprint density at radius 2 is 1.31 bits per heavy atom. The molecule has 0 unspecified atom stereocenters. The molecule has 1 N–H and O–H groups in total. The highest BCUT2D eigenvalue weighted by Gasteiger charge is 1.96. The molecule has 0 amide bonds. The molecule has 1 saturated heterocycles. The van der Waals surface area contributed by atoms with Crippen molar-refractivity contribution in [3.63, 3.8) is 0 Å². The molecule has 0 bridgehead atoms. The lowest BCUT2D eigenvalue weighted by atomic mass is 10.4. The first-order valence-corrected chi connectivity index (χ1v) is 6.98. The van der Waals surface area contributed by atoms with Gasteiger partial charge in [0.15, 0.2) is 0 Å². The van der Waals surface area contributed by atoms with Gasteiger partial charge in [0, 0.05) is 23.9 Å². The smallest absolute Gasteiger partial charge is 0.00372 e. The van der Waals surface area contributed by atoms with Crippen LogP contribution in [0.4, 0.5) is 0 Å². The molecule has 1 fully saturated rings. The van der Waals surface area contributed by atoms with Gasteiger partial charge in [-0.2, -0.15) is 0 Å². The fourth-order valence-corrected chi connectivity index (χ4v) is 3.14. The van der Waals surface area contributed by atoms with Crippen LogP contribution in [0.15, 0.2) is 36.7 Å². The minimum Gasteiger partial charge on any atom is -0.368 e. The number of allylic oxidation sites excluding steroid dienone is 4. The van der Waals surface area contributed by atoms with Crippen LogP contribution in [0.5, 0.6) is 0 Å². The molecule has 0 saturated carbocycles. The Morgan fingerprint density at radius 1 is 0.769 bits per heavy atom. The average Bonchev–Trinajstić information content (AvgIpc) is 2.53. The van der Waals surface area contributed by atoms with Crippen LogP contribution in [0.3, 0.4) is 0 Å². The predicted octanol–water partition coefficient (Wildman–Crippen LogP) is 3.33. The maximum absolute atomic E-state index is 2.92. The summed E-state index contributed by atoms with van der Waals surface area (Å²) in [6.07, 6.45) is 14.5. The summed E-state index contributed by atoms with van der Waals surface area (Å²) in [6.45, 7) is 0. The molecule has 0 spiro atoms. The molecule has 0 aliphatic carbocycles. The Labute approximate surface area is 88.1 Å². The SMILES string of the molecule is C1=CC=CNC=C1.C1CCSSC1. The first-order valence-electron chi connectivity index (χ1n) is 4.49. The van der Waals surface area contributed by atoms with Crippen LogP contribution in [-0.4, -0.2) is 11.5 Å². The average molecular weight is 213 g/mol. The van der Waals surface area contributed by atoms with E-state index in [1.54, 1.807) is 0 Å². The molecule has 2 rings (SSSR count). The topological polar surface area (TPSA) is 12.0 Å². The molecule has 2 aliphatic heterocycles. The van der Waals surface area contributed by atoms with Crippen molar-refractivity contribution in [2.24, 2.45) is 0 Å². The van der Waals surface area contributed by atoms with Crippen molar-refractivity contribution in [2.75, 3.05) is 11.5 Å². The lowest BCUT2D eigenvalue weighted by molar-refractivity contribution is 0.906. The monoisotopic (exact) mass is 213 g/mol. The van der Waals surface area contributed by atoms with Crippen molar-refractivity contribution in [3.05, 3.63) is 36.7 Å². The third kappa shape index (κ3) is 6.84. The zero-order valence-corrected chi connectivity index (χ0v) is 9.24. The normalized spacial score (nSPS) is 19.7. The summed E-state index contributed by atoms with van der Waals surface area (Å²) in [5.74, 6) is 2.76. The van der Waals surface area contributed by atoms with Crippen LogP contribution in [-0.2, 0) is 0 Å². The van der Waals surface area contributed by atoms with Gasteiger partial charge in [0.05, 0.1) is 0 Å². The summed E-state index contributed by atoms with van der Waals surface area (Å²) in [4.78, 5) is 0. The predicted molar refractivity (Wildman–Crippen MR) is 64.7 cm³/mol. The van der Waals surface area contributed by atoms with Crippen molar-refractivity contribution in [1.82, 2.24) is 5.32 Å². The molecule has 0 atom stereocenters. The van der Waals surface area contributed by atoms with Crippen molar-refractivity contribution in [2.45, 2.75) is 12.8 Å². The van der Waals surface area contributed by atoms with E-state index < -0.39 is 0 Å². The first kappa shape index (κ1) is 10.8. The Balaban J connectivity index is 0.000000132. The van der Waals surface area contributed by atoms with Gasteiger partial charge in [0.2, 0.25) is 0 Å². The fourth-order valence-electron chi connectivity index (χ4n) is 0.846. The van der Waals surface area contributed by atoms with Crippen LogP contribution in [0.2, 0.25) is 0 Å². The summed E-state index contributed by atoms with van der Waals surface area (Å²) >= 11 is 0. The molecule has 72 valence electrons. The summed E-state index contributed by atoms with van der Waals surface area (Å²) in [5.41, 5.74) is 0. The van der Waals surface area contributed by atoms with Gasteiger partial charge in [0.25, 0.3) is 0 Å². The largest absolute Gasteiger partial charge is 0.368 e. The minimum atomic E-state index is 1.38. The van der Waals surface area contributed by atoms with E-state index in [0.29, 0.717) is 0 Å². The van der Waals surface area contributed by atoms with Crippen molar-refractivity contribution in [3.8, 4) is 0 Å². The molecule has 1 nitrogen and oxygen atoms in total. The Hall–Kier alpha value is -0.280. The Kier molecular flexibility index (Phi) is 6.91. The van der Waals surface area contributed by atoms with Gasteiger partial charge in [0.1, 0.15) is 0 Å². The molecule has 0 aromatic rings. The molecule has 0 aromatic heterocycles. The number of nitrogens with one attached hydrogen (secondary N) is 1.